The fourth-order valence-electron chi connectivity index (χ4n) is 4.09. The normalized spacial score (nSPS) is 11.2. The number of aromatic nitrogens is 3. The zero-order chi connectivity index (χ0) is 24.3. The minimum absolute atomic E-state index is 0.240. The minimum atomic E-state index is -0.401. The summed E-state index contributed by atoms with van der Waals surface area (Å²) < 4.78 is 17.1. The first kappa shape index (κ1) is 24.2. The smallest absolute Gasteiger partial charge is 0.271 e. The van der Waals surface area contributed by atoms with Crippen LogP contribution in [0.15, 0.2) is 30.3 Å². The molecule has 0 unspecified atom stereocenters. The van der Waals surface area contributed by atoms with Gasteiger partial charge < -0.3 is 4.57 Å². The standard InChI is InChI=1S/C25H32FN5O2/c1-15(2)14-30-18(5)22(17(4)29-30)11-12-24(32)27-28-25(33)23-13-16(3)31(19(23)6)21-9-7-20(26)8-10-21/h7-10,13,15H,11-12,14H2,1-6H3,(H,27,32)(H,28,33). The summed E-state index contributed by atoms with van der Waals surface area (Å²) in [5.41, 5.74) is 10.8. The largest absolute Gasteiger partial charge is 0.318 e. The molecular formula is C25H32FN5O2. The van der Waals surface area contributed by atoms with E-state index >= 15 is 0 Å². The van der Waals surface area contributed by atoms with Crippen LogP contribution in [0.4, 0.5) is 4.39 Å². The first-order valence-electron chi connectivity index (χ1n) is 11.2. The average molecular weight is 454 g/mol. The summed E-state index contributed by atoms with van der Waals surface area (Å²) in [7, 11) is 0. The van der Waals surface area contributed by atoms with Gasteiger partial charge >= 0.3 is 0 Å². The summed E-state index contributed by atoms with van der Waals surface area (Å²) in [5.74, 6) is -0.507. The van der Waals surface area contributed by atoms with Crippen molar-refractivity contribution in [3.8, 4) is 5.69 Å². The predicted octanol–water partition coefficient (Wildman–Crippen LogP) is 4.10. The van der Waals surface area contributed by atoms with Crippen molar-refractivity contribution in [2.24, 2.45) is 5.92 Å². The second-order valence-electron chi connectivity index (χ2n) is 8.82. The number of halogens is 1. The molecule has 0 aliphatic carbocycles. The Kier molecular flexibility index (Phi) is 7.36. The monoisotopic (exact) mass is 453 g/mol. The highest BCUT2D eigenvalue weighted by Crippen LogP contribution is 2.21. The van der Waals surface area contributed by atoms with Crippen LogP contribution in [-0.2, 0) is 17.8 Å². The van der Waals surface area contributed by atoms with Crippen LogP contribution in [0, 0.1) is 39.4 Å². The number of carbonyl (C=O) groups excluding carboxylic acids is 2. The number of hydrazine groups is 1. The van der Waals surface area contributed by atoms with Gasteiger partial charge in [0.05, 0.1) is 11.3 Å². The van der Waals surface area contributed by atoms with Crippen molar-refractivity contribution >= 4 is 11.8 Å². The highest BCUT2D eigenvalue weighted by molar-refractivity contribution is 5.97. The number of amides is 2. The molecule has 0 radical (unpaired) electrons. The van der Waals surface area contributed by atoms with Gasteiger partial charge in [-0.3, -0.25) is 25.1 Å². The molecular weight excluding hydrogens is 421 g/mol. The van der Waals surface area contributed by atoms with Gasteiger partial charge in [-0.1, -0.05) is 13.8 Å². The number of carbonyl (C=O) groups is 2. The molecule has 0 bridgehead atoms. The zero-order valence-electron chi connectivity index (χ0n) is 20.1. The van der Waals surface area contributed by atoms with Crippen molar-refractivity contribution in [3.05, 3.63) is 70.1 Å². The van der Waals surface area contributed by atoms with Crippen LogP contribution in [0.3, 0.4) is 0 Å². The Morgan fingerprint density at radius 3 is 2.33 bits per heavy atom. The van der Waals surface area contributed by atoms with E-state index in [2.05, 4.69) is 29.8 Å². The second kappa shape index (κ2) is 10.0. The lowest BCUT2D eigenvalue weighted by atomic mass is 10.1. The van der Waals surface area contributed by atoms with Gasteiger partial charge in [-0.05, 0) is 75.9 Å². The van der Waals surface area contributed by atoms with Crippen LogP contribution in [-0.4, -0.2) is 26.2 Å². The molecule has 3 rings (SSSR count). The molecule has 0 aliphatic heterocycles. The van der Waals surface area contributed by atoms with Crippen LogP contribution in [0.1, 0.15) is 59.0 Å². The van der Waals surface area contributed by atoms with Gasteiger partial charge in [0.1, 0.15) is 5.82 Å². The first-order chi connectivity index (χ1) is 15.6. The van der Waals surface area contributed by atoms with Crippen molar-refractivity contribution < 1.29 is 14.0 Å². The summed E-state index contributed by atoms with van der Waals surface area (Å²) in [4.78, 5) is 25.1. The fraction of sp³-hybridized carbons (Fsp3) is 0.400. The van der Waals surface area contributed by atoms with Crippen molar-refractivity contribution in [2.45, 2.75) is 60.9 Å². The first-order valence-corrected chi connectivity index (χ1v) is 11.2. The quantitative estimate of drug-likeness (QED) is 0.529. The van der Waals surface area contributed by atoms with E-state index in [1.807, 2.05) is 36.9 Å². The molecule has 0 fully saturated rings. The van der Waals surface area contributed by atoms with Gasteiger partial charge in [0.25, 0.3) is 5.91 Å². The van der Waals surface area contributed by atoms with Crippen LogP contribution in [0.2, 0.25) is 0 Å². The van der Waals surface area contributed by atoms with E-state index in [0.29, 0.717) is 23.6 Å². The SMILES string of the molecule is Cc1nn(CC(C)C)c(C)c1CCC(=O)NNC(=O)c1cc(C)n(-c2ccc(F)cc2)c1C. The molecule has 0 atom stereocenters. The molecule has 176 valence electrons. The number of nitrogens with one attached hydrogen (secondary N) is 2. The molecule has 2 aromatic heterocycles. The molecule has 2 heterocycles. The third-order valence-corrected chi connectivity index (χ3v) is 5.75. The number of rotatable bonds is 7. The van der Waals surface area contributed by atoms with Gasteiger partial charge in [-0.25, -0.2) is 4.39 Å². The van der Waals surface area contributed by atoms with Gasteiger partial charge in [-0.2, -0.15) is 5.10 Å². The molecule has 0 saturated heterocycles. The molecule has 2 N–H and O–H groups in total. The summed E-state index contributed by atoms with van der Waals surface area (Å²) in [6, 6.07) is 7.82. The van der Waals surface area contributed by atoms with E-state index in [1.165, 1.54) is 12.1 Å². The Morgan fingerprint density at radius 2 is 1.70 bits per heavy atom. The van der Waals surface area contributed by atoms with E-state index in [0.717, 1.165) is 34.9 Å². The lowest BCUT2D eigenvalue weighted by Crippen LogP contribution is -2.41. The minimum Gasteiger partial charge on any atom is -0.318 e. The van der Waals surface area contributed by atoms with Crippen LogP contribution in [0.25, 0.3) is 5.69 Å². The topological polar surface area (TPSA) is 81.0 Å². The van der Waals surface area contributed by atoms with Crippen molar-refractivity contribution in [2.75, 3.05) is 0 Å². The maximum absolute atomic E-state index is 13.3. The number of hydrogen-bond donors (Lipinski definition) is 2. The molecule has 1 aromatic carbocycles. The predicted molar refractivity (Wildman–Crippen MR) is 126 cm³/mol. The van der Waals surface area contributed by atoms with Crippen LogP contribution < -0.4 is 10.9 Å². The molecule has 3 aromatic rings. The Labute approximate surface area is 194 Å². The van der Waals surface area contributed by atoms with E-state index in [4.69, 9.17) is 0 Å². The number of benzene rings is 1. The van der Waals surface area contributed by atoms with Crippen molar-refractivity contribution in [1.82, 2.24) is 25.2 Å². The Morgan fingerprint density at radius 1 is 1.03 bits per heavy atom. The Bertz CT molecular complexity index is 1160. The van der Waals surface area contributed by atoms with Gasteiger partial charge in [0.2, 0.25) is 5.91 Å². The molecule has 2 amide bonds. The highest BCUT2D eigenvalue weighted by Gasteiger charge is 2.18. The zero-order valence-corrected chi connectivity index (χ0v) is 20.1. The van der Waals surface area contributed by atoms with E-state index < -0.39 is 5.91 Å². The van der Waals surface area contributed by atoms with Crippen LogP contribution in [0.5, 0.6) is 0 Å². The Balaban J connectivity index is 1.60. The van der Waals surface area contributed by atoms with Crippen molar-refractivity contribution in [3.63, 3.8) is 0 Å². The molecule has 0 aliphatic rings. The summed E-state index contributed by atoms with van der Waals surface area (Å²) >= 11 is 0. The lowest BCUT2D eigenvalue weighted by molar-refractivity contribution is -0.121. The molecule has 0 saturated carbocycles. The molecule has 7 nitrogen and oxygen atoms in total. The summed E-state index contributed by atoms with van der Waals surface area (Å²) in [6.07, 6.45) is 0.792. The van der Waals surface area contributed by atoms with Gasteiger partial charge in [-0.15, -0.1) is 0 Å². The number of hydrogen-bond acceptors (Lipinski definition) is 3. The highest BCUT2D eigenvalue weighted by atomic mass is 19.1. The van der Waals surface area contributed by atoms with E-state index in [9.17, 15) is 14.0 Å². The maximum atomic E-state index is 13.3. The number of aryl methyl sites for hydroxylation is 2. The summed E-state index contributed by atoms with van der Waals surface area (Å²) in [6.45, 7) is 12.8. The third kappa shape index (κ3) is 5.50. The summed E-state index contributed by atoms with van der Waals surface area (Å²) in [5, 5.41) is 4.58. The molecule has 8 heteroatoms. The van der Waals surface area contributed by atoms with Gasteiger partial charge in [0, 0.05) is 35.7 Å². The van der Waals surface area contributed by atoms with Crippen molar-refractivity contribution in [1.29, 1.82) is 0 Å². The van der Waals surface area contributed by atoms with Gasteiger partial charge in [0.15, 0.2) is 0 Å². The molecule has 0 spiro atoms. The fourth-order valence-corrected chi connectivity index (χ4v) is 4.09. The van der Waals surface area contributed by atoms with E-state index in [1.54, 1.807) is 18.2 Å². The maximum Gasteiger partial charge on any atom is 0.271 e. The Hall–Kier alpha value is -3.42. The van der Waals surface area contributed by atoms with E-state index in [-0.39, 0.29) is 18.1 Å². The lowest BCUT2D eigenvalue weighted by Gasteiger charge is -2.11. The number of nitrogens with zero attached hydrogens (tertiary/aromatic N) is 3. The third-order valence-electron chi connectivity index (χ3n) is 5.75. The second-order valence-corrected chi connectivity index (χ2v) is 8.82. The molecule has 33 heavy (non-hydrogen) atoms. The average Bonchev–Trinajstić information content (AvgIpc) is 3.19. The van der Waals surface area contributed by atoms with Crippen LogP contribution >= 0.6 is 0 Å².